The van der Waals surface area contributed by atoms with Crippen LogP contribution in [-0.4, -0.2) is 52.9 Å². The Balaban J connectivity index is 1.97. The molecule has 0 unspecified atom stereocenters. The molecule has 2 rings (SSSR count). The first-order valence-corrected chi connectivity index (χ1v) is 13.4. The fourth-order valence-electron chi connectivity index (χ4n) is 3.12. The van der Waals surface area contributed by atoms with Gasteiger partial charge in [-0.25, -0.2) is 21.2 Å². The van der Waals surface area contributed by atoms with Gasteiger partial charge in [0, 0.05) is 31.7 Å². The quantitative estimate of drug-likeness (QED) is 0.527. The zero-order valence-corrected chi connectivity index (χ0v) is 19.9. The molecule has 0 radical (unpaired) electrons. The monoisotopic (exact) mass is 485 g/mol. The fraction of sp³-hybridized carbons (Fsp3) is 0.381. The van der Waals surface area contributed by atoms with E-state index in [1.54, 1.807) is 13.8 Å². The lowest BCUT2D eigenvalue weighted by atomic mass is 10.2. The Hall–Kier alpha value is -2.50. The van der Waals surface area contributed by atoms with Gasteiger partial charge in [-0.15, -0.1) is 0 Å². The van der Waals surface area contributed by atoms with Crippen molar-refractivity contribution in [2.75, 3.05) is 35.5 Å². The van der Waals surface area contributed by atoms with Crippen molar-refractivity contribution < 1.29 is 26.0 Å². The predicted molar refractivity (Wildman–Crippen MR) is 123 cm³/mol. The van der Waals surface area contributed by atoms with Crippen LogP contribution in [0.15, 0.2) is 53.4 Å². The van der Waals surface area contributed by atoms with E-state index >= 15 is 0 Å². The summed E-state index contributed by atoms with van der Waals surface area (Å²) in [4.78, 5) is 12.4. The maximum absolute atomic E-state index is 13.1. The number of hydrogen-bond donors (Lipinski definition) is 1. The molecule has 0 fully saturated rings. The minimum Gasteiger partial charge on any atom is -0.326 e. The minimum atomic E-state index is -3.60. The average Bonchev–Trinajstić information content (AvgIpc) is 2.72. The second kappa shape index (κ2) is 10.9. The Morgan fingerprint density at radius 3 is 2.00 bits per heavy atom. The molecule has 0 aliphatic heterocycles. The first-order chi connectivity index (χ1) is 15.0. The molecule has 0 saturated carbocycles. The summed E-state index contributed by atoms with van der Waals surface area (Å²) in [6.45, 7) is 4.30. The van der Waals surface area contributed by atoms with Crippen molar-refractivity contribution in [2.24, 2.45) is 0 Å². The number of halogens is 1. The van der Waals surface area contributed by atoms with Crippen LogP contribution < -0.4 is 9.62 Å². The third-order valence-corrected chi connectivity index (χ3v) is 8.02. The molecule has 0 aromatic heterocycles. The Morgan fingerprint density at radius 1 is 0.938 bits per heavy atom. The lowest BCUT2D eigenvalue weighted by molar-refractivity contribution is -0.116. The van der Waals surface area contributed by atoms with E-state index < -0.39 is 25.9 Å². The zero-order chi connectivity index (χ0) is 23.9. The van der Waals surface area contributed by atoms with Crippen LogP contribution in [0.4, 0.5) is 15.8 Å². The van der Waals surface area contributed by atoms with Crippen molar-refractivity contribution in [2.45, 2.75) is 31.6 Å². The molecular weight excluding hydrogens is 457 g/mol. The third kappa shape index (κ3) is 6.75. The highest BCUT2D eigenvalue weighted by atomic mass is 32.2. The predicted octanol–water partition coefficient (Wildman–Crippen LogP) is 3.04. The Bertz CT molecular complexity index is 1120. The molecule has 1 N–H and O–H groups in total. The smallest absolute Gasteiger partial charge is 0.243 e. The van der Waals surface area contributed by atoms with Crippen molar-refractivity contribution in [1.82, 2.24) is 4.31 Å². The molecule has 0 heterocycles. The van der Waals surface area contributed by atoms with E-state index in [1.807, 2.05) is 0 Å². The van der Waals surface area contributed by atoms with Crippen LogP contribution in [0, 0.1) is 5.82 Å². The number of carbonyl (C=O) groups is 1. The largest absolute Gasteiger partial charge is 0.326 e. The number of rotatable bonds is 11. The van der Waals surface area contributed by atoms with Gasteiger partial charge in [0.15, 0.2) is 0 Å². The average molecular weight is 486 g/mol. The molecule has 2 aromatic carbocycles. The highest BCUT2D eigenvalue weighted by Gasteiger charge is 2.21. The molecule has 0 atom stereocenters. The van der Waals surface area contributed by atoms with Crippen LogP contribution in [-0.2, 0) is 24.8 Å². The lowest BCUT2D eigenvalue weighted by Crippen LogP contribution is -2.31. The van der Waals surface area contributed by atoms with E-state index in [4.69, 9.17) is 0 Å². The molecular formula is C21H28FN3O5S2. The summed E-state index contributed by atoms with van der Waals surface area (Å²) in [5.41, 5.74) is 0.756. The number of anilines is 2. The van der Waals surface area contributed by atoms with Gasteiger partial charge in [0.05, 0.1) is 16.8 Å². The molecule has 2 aromatic rings. The topological polar surface area (TPSA) is 104 Å². The second-order valence-electron chi connectivity index (χ2n) is 7.08. The van der Waals surface area contributed by atoms with Crippen molar-refractivity contribution in [1.29, 1.82) is 0 Å². The van der Waals surface area contributed by atoms with Crippen molar-refractivity contribution in [3.05, 3.63) is 54.3 Å². The molecule has 32 heavy (non-hydrogen) atoms. The molecule has 0 aliphatic carbocycles. The normalized spacial score (nSPS) is 12.0. The highest BCUT2D eigenvalue weighted by Crippen LogP contribution is 2.20. The summed E-state index contributed by atoms with van der Waals surface area (Å²) in [6.07, 6.45) is 1.33. The lowest BCUT2D eigenvalue weighted by Gasteiger charge is -2.22. The SMILES string of the molecule is CCN(CC)S(=O)(=O)c1ccc(NC(=O)CCCN(c2ccc(F)cc2)S(C)(=O)=O)cc1. The number of nitrogens with zero attached hydrogens (tertiary/aromatic N) is 2. The number of amides is 1. The van der Waals surface area contributed by atoms with Gasteiger partial charge in [-0.3, -0.25) is 9.10 Å². The molecule has 11 heteroatoms. The minimum absolute atomic E-state index is 0.0483. The standard InChI is InChI=1S/C21H28FN3O5S2/c1-4-24(5-2)32(29,30)20-14-10-18(11-15-20)23-21(26)7-6-16-25(31(3,27)28)19-12-8-17(22)9-13-19/h8-15H,4-7,16H2,1-3H3,(H,23,26). The van der Waals surface area contributed by atoms with Crippen LogP contribution in [0.25, 0.3) is 0 Å². The molecule has 176 valence electrons. The first-order valence-electron chi connectivity index (χ1n) is 10.1. The highest BCUT2D eigenvalue weighted by molar-refractivity contribution is 7.92. The summed E-state index contributed by atoms with van der Waals surface area (Å²) < 4.78 is 64.7. The zero-order valence-electron chi connectivity index (χ0n) is 18.3. The van der Waals surface area contributed by atoms with Crippen molar-refractivity contribution in [3.63, 3.8) is 0 Å². The van der Waals surface area contributed by atoms with Gasteiger partial charge in [-0.05, 0) is 55.0 Å². The Kier molecular flexibility index (Phi) is 8.76. The first kappa shape index (κ1) is 25.8. The molecule has 8 nitrogen and oxygen atoms in total. The van der Waals surface area contributed by atoms with Gasteiger partial charge in [-0.1, -0.05) is 13.8 Å². The van der Waals surface area contributed by atoms with E-state index in [2.05, 4.69) is 5.32 Å². The summed E-state index contributed by atoms with van der Waals surface area (Å²) >= 11 is 0. The molecule has 0 saturated heterocycles. The summed E-state index contributed by atoms with van der Waals surface area (Å²) in [7, 11) is -7.18. The van der Waals surface area contributed by atoms with Gasteiger partial charge >= 0.3 is 0 Å². The summed E-state index contributed by atoms with van der Waals surface area (Å²) in [6, 6.07) is 11.0. The summed E-state index contributed by atoms with van der Waals surface area (Å²) in [5.74, 6) is -0.811. The second-order valence-corrected chi connectivity index (χ2v) is 10.9. The number of nitrogens with one attached hydrogen (secondary N) is 1. The van der Waals surface area contributed by atoms with Gasteiger partial charge in [0.25, 0.3) is 0 Å². The Morgan fingerprint density at radius 2 is 1.50 bits per heavy atom. The maximum atomic E-state index is 13.1. The maximum Gasteiger partial charge on any atom is 0.243 e. The van der Waals surface area contributed by atoms with E-state index in [-0.39, 0.29) is 30.2 Å². The number of benzene rings is 2. The van der Waals surface area contributed by atoms with Crippen LogP contribution in [0.3, 0.4) is 0 Å². The van der Waals surface area contributed by atoms with E-state index in [0.29, 0.717) is 24.5 Å². The van der Waals surface area contributed by atoms with Crippen molar-refractivity contribution in [3.8, 4) is 0 Å². The van der Waals surface area contributed by atoms with Crippen LogP contribution >= 0.6 is 0 Å². The molecule has 0 aliphatic rings. The summed E-state index contributed by atoms with van der Waals surface area (Å²) in [5, 5.41) is 2.67. The number of hydrogen-bond acceptors (Lipinski definition) is 5. The molecule has 1 amide bonds. The van der Waals surface area contributed by atoms with Gasteiger partial charge in [-0.2, -0.15) is 4.31 Å². The van der Waals surface area contributed by atoms with Gasteiger partial charge in [0.2, 0.25) is 26.0 Å². The molecule has 0 spiro atoms. The van der Waals surface area contributed by atoms with Gasteiger partial charge < -0.3 is 5.32 Å². The van der Waals surface area contributed by atoms with Crippen LogP contribution in [0.2, 0.25) is 0 Å². The van der Waals surface area contributed by atoms with Gasteiger partial charge in [0.1, 0.15) is 5.82 Å². The Labute approximate surface area is 189 Å². The molecule has 0 bridgehead atoms. The van der Waals surface area contributed by atoms with E-state index in [9.17, 15) is 26.0 Å². The van der Waals surface area contributed by atoms with Crippen LogP contribution in [0.1, 0.15) is 26.7 Å². The van der Waals surface area contributed by atoms with E-state index in [1.165, 1.54) is 52.8 Å². The van der Waals surface area contributed by atoms with Crippen molar-refractivity contribution >= 4 is 37.3 Å². The third-order valence-electron chi connectivity index (χ3n) is 4.76. The fourth-order valence-corrected chi connectivity index (χ4v) is 5.55. The van der Waals surface area contributed by atoms with Crippen LogP contribution in [0.5, 0.6) is 0 Å². The number of carbonyl (C=O) groups excluding carboxylic acids is 1. The number of sulfonamides is 2. The van der Waals surface area contributed by atoms with E-state index in [0.717, 1.165) is 10.6 Å².